The molecule has 2 unspecified atom stereocenters. The number of amidine groups is 2. The molecule has 132 valence electrons. The highest BCUT2D eigenvalue weighted by atomic mass is 32.2. The molecule has 0 amide bonds. The standard InChI is InChI=1S/C14H20N4O4S2/c1-17-5-7-23-13(11(17)15)21-9(19)3-4-10(20)22-14-12(16)18(2)6-8-24-14/h3-4,13-16H,5-8H2,1-2H3/b4-3+,15-11?,16-12?. The van der Waals surface area contributed by atoms with Crippen LogP contribution >= 0.6 is 23.5 Å². The molecular formula is C14H20N4O4S2. The lowest BCUT2D eigenvalue weighted by molar-refractivity contribution is -0.140. The van der Waals surface area contributed by atoms with E-state index in [-0.39, 0.29) is 11.7 Å². The Labute approximate surface area is 148 Å². The quantitative estimate of drug-likeness (QED) is 0.546. The van der Waals surface area contributed by atoms with Crippen LogP contribution < -0.4 is 0 Å². The van der Waals surface area contributed by atoms with Gasteiger partial charge in [-0.05, 0) is 0 Å². The van der Waals surface area contributed by atoms with E-state index in [4.69, 9.17) is 20.3 Å². The fourth-order valence-electron chi connectivity index (χ4n) is 1.96. The van der Waals surface area contributed by atoms with Gasteiger partial charge in [0.15, 0.2) is 0 Å². The first kappa shape index (κ1) is 18.7. The Morgan fingerprint density at radius 1 is 0.958 bits per heavy atom. The SMILES string of the molecule is CN1CCSC(OC(=O)/C=C/C(=O)OC2SCCN(C)C2=N)C1=N. The molecule has 2 saturated heterocycles. The van der Waals surface area contributed by atoms with Gasteiger partial charge >= 0.3 is 11.9 Å². The number of carbonyl (C=O) groups is 2. The maximum absolute atomic E-state index is 11.8. The Balaban J connectivity index is 1.81. The topological polar surface area (TPSA) is 107 Å². The molecule has 0 aromatic carbocycles. The summed E-state index contributed by atoms with van der Waals surface area (Å²) in [5, 5.41) is 15.7. The summed E-state index contributed by atoms with van der Waals surface area (Å²) >= 11 is 2.74. The fraction of sp³-hybridized carbons (Fsp3) is 0.571. The van der Waals surface area contributed by atoms with Crippen LogP contribution in [0.5, 0.6) is 0 Å². The molecule has 8 nitrogen and oxygen atoms in total. The van der Waals surface area contributed by atoms with Gasteiger partial charge in [0.1, 0.15) is 11.7 Å². The first-order valence-corrected chi connectivity index (χ1v) is 9.40. The van der Waals surface area contributed by atoms with Crippen LogP contribution in [-0.4, -0.2) is 83.0 Å². The van der Waals surface area contributed by atoms with Gasteiger partial charge in [-0.3, -0.25) is 10.8 Å². The second-order valence-electron chi connectivity index (χ2n) is 5.23. The van der Waals surface area contributed by atoms with Crippen LogP contribution in [0, 0.1) is 10.8 Å². The number of likely N-dealkylation sites (N-methyl/N-ethyl adjacent to an activating group) is 2. The normalized spacial score (nSPS) is 25.1. The number of rotatable bonds is 4. The van der Waals surface area contributed by atoms with Crippen molar-refractivity contribution in [3.05, 3.63) is 12.2 Å². The summed E-state index contributed by atoms with van der Waals surface area (Å²) in [5.74, 6) is 0.575. The molecule has 2 atom stereocenters. The lowest BCUT2D eigenvalue weighted by Gasteiger charge is -2.30. The highest BCUT2D eigenvalue weighted by molar-refractivity contribution is 8.00. The van der Waals surface area contributed by atoms with Crippen molar-refractivity contribution in [1.82, 2.24) is 9.80 Å². The zero-order valence-corrected chi connectivity index (χ0v) is 15.1. The lowest BCUT2D eigenvalue weighted by atomic mass is 10.4. The zero-order valence-electron chi connectivity index (χ0n) is 13.5. The third kappa shape index (κ3) is 4.91. The number of ether oxygens (including phenoxy) is 2. The third-order valence-electron chi connectivity index (χ3n) is 3.46. The summed E-state index contributed by atoms with van der Waals surface area (Å²) in [6, 6.07) is 0. The lowest BCUT2D eigenvalue weighted by Crippen LogP contribution is -2.42. The number of esters is 2. The molecule has 2 aliphatic heterocycles. The first-order chi connectivity index (χ1) is 11.4. The molecule has 0 aromatic heterocycles. The second-order valence-corrected chi connectivity index (χ2v) is 7.57. The molecule has 0 aromatic rings. The van der Waals surface area contributed by atoms with E-state index in [1.165, 1.54) is 23.5 Å². The van der Waals surface area contributed by atoms with Crippen LogP contribution in [0.3, 0.4) is 0 Å². The number of hydrogen-bond acceptors (Lipinski definition) is 8. The summed E-state index contributed by atoms with van der Waals surface area (Å²) < 4.78 is 10.3. The van der Waals surface area contributed by atoms with Crippen molar-refractivity contribution >= 4 is 47.1 Å². The summed E-state index contributed by atoms with van der Waals surface area (Å²) in [6.45, 7) is 1.47. The molecule has 0 saturated carbocycles. The molecule has 0 aliphatic carbocycles. The number of nitrogens with zero attached hydrogens (tertiary/aromatic N) is 2. The van der Waals surface area contributed by atoms with Crippen LogP contribution in [0.1, 0.15) is 0 Å². The van der Waals surface area contributed by atoms with Crippen molar-refractivity contribution < 1.29 is 19.1 Å². The molecule has 2 fully saturated rings. The van der Waals surface area contributed by atoms with Gasteiger partial charge in [-0.2, -0.15) is 0 Å². The molecule has 2 rings (SSSR count). The van der Waals surface area contributed by atoms with E-state index in [0.717, 1.165) is 36.7 Å². The molecule has 0 spiro atoms. The van der Waals surface area contributed by atoms with Crippen molar-refractivity contribution in [2.75, 3.05) is 38.7 Å². The third-order valence-corrected chi connectivity index (χ3v) is 5.54. The van der Waals surface area contributed by atoms with Crippen molar-refractivity contribution in [3.8, 4) is 0 Å². The highest BCUT2D eigenvalue weighted by Crippen LogP contribution is 2.21. The minimum atomic E-state index is -0.701. The van der Waals surface area contributed by atoms with Crippen molar-refractivity contribution in [3.63, 3.8) is 0 Å². The van der Waals surface area contributed by atoms with Gasteiger partial charge in [-0.15, -0.1) is 23.5 Å². The van der Waals surface area contributed by atoms with Crippen LogP contribution in [-0.2, 0) is 19.1 Å². The monoisotopic (exact) mass is 372 g/mol. The summed E-state index contributed by atoms with van der Waals surface area (Å²) in [5.41, 5.74) is -1.32. The molecule has 10 heteroatoms. The largest absolute Gasteiger partial charge is 0.440 e. The molecule has 24 heavy (non-hydrogen) atoms. The zero-order chi connectivity index (χ0) is 17.7. The van der Waals surface area contributed by atoms with E-state index in [1.54, 1.807) is 23.9 Å². The first-order valence-electron chi connectivity index (χ1n) is 7.30. The maximum atomic E-state index is 11.8. The van der Waals surface area contributed by atoms with Gasteiger partial charge in [-0.25, -0.2) is 9.59 Å². The number of nitrogens with one attached hydrogen (secondary N) is 2. The average Bonchev–Trinajstić information content (AvgIpc) is 2.54. The van der Waals surface area contributed by atoms with Crippen molar-refractivity contribution in [2.45, 2.75) is 10.9 Å². The van der Waals surface area contributed by atoms with Crippen molar-refractivity contribution in [1.29, 1.82) is 10.8 Å². The van der Waals surface area contributed by atoms with E-state index >= 15 is 0 Å². The highest BCUT2D eigenvalue weighted by Gasteiger charge is 2.28. The van der Waals surface area contributed by atoms with Crippen LogP contribution in [0.25, 0.3) is 0 Å². The Bertz CT molecular complexity index is 521. The second kappa shape index (κ2) is 8.43. The Morgan fingerprint density at radius 2 is 1.33 bits per heavy atom. The van der Waals surface area contributed by atoms with Crippen LogP contribution in [0.2, 0.25) is 0 Å². The summed E-state index contributed by atoms with van der Waals surface area (Å²) in [6.07, 6.45) is 1.98. The molecule has 0 bridgehead atoms. The van der Waals surface area contributed by atoms with Gasteiger partial charge in [0.25, 0.3) is 0 Å². The maximum Gasteiger partial charge on any atom is 0.332 e. The van der Waals surface area contributed by atoms with E-state index < -0.39 is 22.8 Å². The Hall–Kier alpha value is -1.68. The Kier molecular flexibility index (Phi) is 6.55. The van der Waals surface area contributed by atoms with Gasteiger partial charge < -0.3 is 19.3 Å². The molecule has 0 radical (unpaired) electrons. The van der Waals surface area contributed by atoms with Crippen LogP contribution in [0.15, 0.2) is 12.2 Å². The summed E-state index contributed by atoms with van der Waals surface area (Å²) in [7, 11) is 3.54. The number of thioether (sulfide) groups is 2. The molecular weight excluding hydrogens is 352 g/mol. The number of hydrogen-bond donors (Lipinski definition) is 2. The molecule has 2 heterocycles. The fourth-order valence-corrected chi connectivity index (χ4v) is 4.15. The van der Waals surface area contributed by atoms with Gasteiger partial charge in [-0.1, -0.05) is 0 Å². The minimum absolute atomic E-state index is 0.227. The van der Waals surface area contributed by atoms with E-state index in [0.29, 0.717) is 0 Å². The molecule has 2 N–H and O–H groups in total. The predicted octanol–water partition coefficient (Wildman–Crippen LogP) is 0.593. The predicted molar refractivity (Wildman–Crippen MR) is 94.5 cm³/mol. The smallest absolute Gasteiger partial charge is 0.332 e. The van der Waals surface area contributed by atoms with Crippen molar-refractivity contribution in [2.24, 2.45) is 0 Å². The van der Waals surface area contributed by atoms with E-state index in [1.807, 2.05) is 0 Å². The van der Waals surface area contributed by atoms with E-state index in [9.17, 15) is 9.59 Å². The Morgan fingerprint density at radius 3 is 1.71 bits per heavy atom. The number of carbonyl (C=O) groups excluding carboxylic acids is 2. The van der Waals surface area contributed by atoms with Gasteiger partial charge in [0.05, 0.1) is 0 Å². The average molecular weight is 372 g/mol. The molecule has 2 aliphatic rings. The van der Waals surface area contributed by atoms with Gasteiger partial charge in [0, 0.05) is 50.8 Å². The summed E-state index contributed by atoms with van der Waals surface area (Å²) in [4.78, 5) is 27.0. The minimum Gasteiger partial charge on any atom is -0.440 e. The van der Waals surface area contributed by atoms with Gasteiger partial charge in [0.2, 0.25) is 10.9 Å². The van der Waals surface area contributed by atoms with E-state index in [2.05, 4.69) is 0 Å². The van der Waals surface area contributed by atoms with Crippen LogP contribution in [0.4, 0.5) is 0 Å².